The zero-order valence-corrected chi connectivity index (χ0v) is 10.6. The topological polar surface area (TPSA) is 51.4 Å². The molecule has 0 bridgehead atoms. The molecule has 0 aliphatic carbocycles. The van der Waals surface area contributed by atoms with Crippen LogP contribution in [0.25, 0.3) is 0 Å². The molecule has 0 radical (unpaired) electrons. The number of hydrogen-bond donors (Lipinski definition) is 1. The third-order valence-corrected chi connectivity index (χ3v) is 2.01. The first-order valence-electron chi connectivity index (χ1n) is 5.75. The zero-order valence-electron chi connectivity index (χ0n) is 10.6. The molecule has 18 heavy (non-hydrogen) atoms. The molecule has 0 saturated carbocycles. The van der Waals surface area contributed by atoms with Gasteiger partial charge in [-0.15, -0.1) is 12.8 Å². The van der Waals surface area contributed by atoms with Gasteiger partial charge >= 0.3 is 0 Å². The van der Waals surface area contributed by atoms with Crippen molar-refractivity contribution < 1.29 is 9.23 Å². The van der Waals surface area contributed by atoms with E-state index in [1.54, 1.807) is 12.1 Å². The Hall–Kier alpha value is -1.48. The third-order valence-electron chi connectivity index (χ3n) is 2.01. The van der Waals surface area contributed by atoms with Crippen molar-refractivity contribution in [3.05, 3.63) is 30.3 Å². The summed E-state index contributed by atoms with van der Waals surface area (Å²) in [6, 6.07) is 4.81. The maximum atomic E-state index is 11.8. The molecule has 0 amide bonds. The number of hydrogen-bond acceptors (Lipinski definition) is 4. The fourth-order valence-corrected chi connectivity index (χ4v) is 1.32. The smallest absolute Gasteiger partial charge is 0.212 e. The molecule has 0 spiro atoms. The second-order valence-electron chi connectivity index (χ2n) is 3.60. The second kappa shape index (κ2) is 10.7. The van der Waals surface area contributed by atoms with Crippen LogP contribution in [-0.4, -0.2) is 35.8 Å². The van der Waals surface area contributed by atoms with Crippen molar-refractivity contribution in [1.82, 2.24) is 10.0 Å². The van der Waals surface area contributed by atoms with E-state index < -0.39 is 5.95 Å². The lowest BCUT2D eigenvalue weighted by atomic mass is 10.3. The van der Waals surface area contributed by atoms with Gasteiger partial charge in [0.2, 0.25) is 5.95 Å². The fraction of sp³-hybridized carbons (Fsp3) is 0.462. The van der Waals surface area contributed by atoms with Crippen LogP contribution in [-0.2, 0) is 4.84 Å². The van der Waals surface area contributed by atoms with Crippen molar-refractivity contribution in [2.75, 3.05) is 19.7 Å². The van der Waals surface area contributed by atoms with Crippen LogP contribution < -0.4 is 5.73 Å². The van der Waals surface area contributed by atoms with Gasteiger partial charge in [-0.1, -0.05) is 13.0 Å². The number of halogens is 1. The molecule has 1 aliphatic rings. The van der Waals surface area contributed by atoms with Gasteiger partial charge in [-0.25, -0.2) is 4.98 Å². The first-order valence-corrected chi connectivity index (χ1v) is 5.75. The number of pyridine rings is 1. The van der Waals surface area contributed by atoms with Crippen LogP contribution in [0.5, 0.6) is 0 Å². The molecule has 0 unspecified atom stereocenters. The van der Waals surface area contributed by atoms with E-state index in [1.165, 1.54) is 12.3 Å². The Kier molecular flexibility index (Phi) is 9.78. The van der Waals surface area contributed by atoms with Gasteiger partial charge in [0.15, 0.2) is 0 Å². The van der Waals surface area contributed by atoms with Gasteiger partial charge in [0.05, 0.1) is 6.61 Å². The maximum absolute atomic E-state index is 11.8. The predicted molar refractivity (Wildman–Crippen MR) is 69.9 cm³/mol. The van der Waals surface area contributed by atoms with Gasteiger partial charge in [0.25, 0.3) is 0 Å². The SMILES string of the molecule is C#C.CCCN1C[C@@H](N)CO1.Fc1ccccn1. The van der Waals surface area contributed by atoms with Crippen LogP contribution in [0.1, 0.15) is 13.3 Å². The van der Waals surface area contributed by atoms with E-state index in [2.05, 4.69) is 24.8 Å². The van der Waals surface area contributed by atoms with Crippen LogP contribution in [0.4, 0.5) is 4.39 Å². The summed E-state index contributed by atoms with van der Waals surface area (Å²) >= 11 is 0. The molecule has 4 nitrogen and oxygen atoms in total. The van der Waals surface area contributed by atoms with Crippen molar-refractivity contribution in [2.45, 2.75) is 19.4 Å². The molecule has 2 rings (SSSR count). The number of terminal acetylenes is 1. The number of hydroxylamine groups is 2. The molecule has 2 heterocycles. The summed E-state index contributed by atoms with van der Waals surface area (Å²) < 4.78 is 11.8. The Bertz CT molecular complexity index is 317. The molecule has 1 aliphatic heterocycles. The number of nitrogens with two attached hydrogens (primary N) is 1. The second-order valence-corrected chi connectivity index (χ2v) is 3.60. The predicted octanol–water partition coefficient (Wildman–Crippen LogP) is 1.44. The normalized spacial score (nSPS) is 18.2. The highest BCUT2D eigenvalue weighted by Gasteiger charge is 2.18. The third kappa shape index (κ3) is 7.74. The highest BCUT2D eigenvalue weighted by molar-refractivity contribution is 4.90. The van der Waals surface area contributed by atoms with Gasteiger partial charge in [-0.2, -0.15) is 9.45 Å². The minimum Gasteiger partial charge on any atom is -0.325 e. The lowest BCUT2D eigenvalue weighted by molar-refractivity contribution is -0.109. The van der Waals surface area contributed by atoms with E-state index in [9.17, 15) is 4.39 Å². The van der Waals surface area contributed by atoms with E-state index in [0.29, 0.717) is 6.61 Å². The van der Waals surface area contributed by atoms with Crippen LogP contribution >= 0.6 is 0 Å². The molecule has 1 fully saturated rings. The molecule has 100 valence electrons. The number of nitrogens with zero attached hydrogens (tertiary/aromatic N) is 2. The van der Waals surface area contributed by atoms with Gasteiger partial charge in [-0.3, -0.25) is 4.84 Å². The Morgan fingerprint density at radius 1 is 1.56 bits per heavy atom. The molecular formula is C13H20FN3O. The van der Waals surface area contributed by atoms with Crippen molar-refractivity contribution in [3.8, 4) is 12.8 Å². The van der Waals surface area contributed by atoms with Crippen LogP contribution in [0.2, 0.25) is 0 Å². The molecule has 1 saturated heterocycles. The first-order chi connectivity index (χ1) is 8.72. The lowest BCUT2D eigenvalue weighted by Crippen LogP contribution is -2.27. The van der Waals surface area contributed by atoms with E-state index in [-0.39, 0.29) is 6.04 Å². The maximum Gasteiger partial charge on any atom is 0.212 e. The van der Waals surface area contributed by atoms with E-state index in [0.717, 1.165) is 19.5 Å². The Balaban J connectivity index is 0.000000289. The summed E-state index contributed by atoms with van der Waals surface area (Å²) in [6.07, 6.45) is 10.5. The Morgan fingerprint density at radius 3 is 2.61 bits per heavy atom. The summed E-state index contributed by atoms with van der Waals surface area (Å²) in [6.45, 7) is 4.73. The van der Waals surface area contributed by atoms with Crippen LogP contribution in [0.3, 0.4) is 0 Å². The quantitative estimate of drug-likeness (QED) is 0.640. The number of rotatable bonds is 2. The summed E-state index contributed by atoms with van der Waals surface area (Å²) in [4.78, 5) is 8.53. The Morgan fingerprint density at radius 2 is 2.28 bits per heavy atom. The van der Waals surface area contributed by atoms with Crippen molar-refractivity contribution in [2.24, 2.45) is 5.73 Å². The van der Waals surface area contributed by atoms with Gasteiger partial charge < -0.3 is 5.73 Å². The van der Waals surface area contributed by atoms with Crippen molar-refractivity contribution in [1.29, 1.82) is 0 Å². The zero-order chi connectivity index (χ0) is 13.8. The number of aromatic nitrogens is 1. The van der Waals surface area contributed by atoms with E-state index >= 15 is 0 Å². The van der Waals surface area contributed by atoms with Crippen LogP contribution in [0, 0.1) is 18.8 Å². The van der Waals surface area contributed by atoms with E-state index in [1.807, 2.05) is 5.06 Å². The fourth-order valence-electron chi connectivity index (χ4n) is 1.32. The average Bonchev–Trinajstić information content (AvgIpc) is 2.80. The average molecular weight is 253 g/mol. The molecular weight excluding hydrogens is 233 g/mol. The summed E-state index contributed by atoms with van der Waals surface area (Å²) in [5, 5.41) is 1.94. The molecule has 5 heteroatoms. The molecule has 1 aromatic rings. The monoisotopic (exact) mass is 253 g/mol. The van der Waals surface area contributed by atoms with E-state index in [4.69, 9.17) is 10.6 Å². The largest absolute Gasteiger partial charge is 0.325 e. The Labute approximate surface area is 108 Å². The molecule has 1 aromatic heterocycles. The highest BCUT2D eigenvalue weighted by atomic mass is 19.1. The van der Waals surface area contributed by atoms with Gasteiger partial charge in [-0.05, 0) is 18.6 Å². The molecule has 1 atom stereocenters. The standard InChI is InChI=1S/C6H14N2O.C5H4FN.C2H2/c1-2-3-8-4-6(7)5-9-8;6-5-3-1-2-4-7-5;1-2/h6H,2-5,7H2,1H3;1-4H;1-2H/t6-;;/m1../s1. The van der Waals surface area contributed by atoms with Crippen molar-refractivity contribution >= 4 is 0 Å². The van der Waals surface area contributed by atoms with Gasteiger partial charge in [0, 0.05) is 25.3 Å². The lowest BCUT2D eigenvalue weighted by Gasteiger charge is -2.10. The van der Waals surface area contributed by atoms with Crippen LogP contribution in [0.15, 0.2) is 24.4 Å². The summed E-state index contributed by atoms with van der Waals surface area (Å²) in [5.74, 6) is -0.428. The minimum atomic E-state index is -0.428. The van der Waals surface area contributed by atoms with Gasteiger partial charge in [0.1, 0.15) is 0 Å². The molecule has 2 N–H and O–H groups in total. The van der Waals surface area contributed by atoms with Crippen molar-refractivity contribution in [3.63, 3.8) is 0 Å². The summed E-state index contributed by atoms with van der Waals surface area (Å²) in [7, 11) is 0. The highest BCUT2D eigenvalue weighted by Crippen LogP contribution is 2.02. The summed E-state index contributed by atoms with van der Waals surface area (Å²) in [5.41, 5.74) is 5.59. The minimum absolute atomic E-state index is 0.233. The first kappa shape index (κ1) is 16.5. The molecule has 0 aromatic carbocycles.